The van der Waals surface area contributed by atoms with Crippen LogP contribution in [-0.2, 0) is 9.53 Å². The van der Waals surface area contributed by atoms with Gasteiger partial charge in [-0.1, -0.05) is 18.2 Å². The number of carboxylic acid groups (broad SMARTS) is 1. The summed E-state index contributed by atoms with van der Waals surface area (Å²) in [6.45, 7) is 3.61. The SMILES string of the molecule is C=CC1C(O)C(C(=O)OC)CC(c2cccc(C(=O)O)c2)C1O. The summed E-state index contributed by atoms with van der Waals surface area (Å²) in [6.07, 6.45) is -0.470. The van der Waals surface area contributed by atoms with Crippen molar-refractivity contribution in [3.8, 4) is 0 Å². The Balaban J connectivity index is 2.39. The first-order valence-corrected chi connectivity index (χ1v) is 7.30. The number of hydrogen-bond donors (Lipinski definition) is 3. The summed E-state index contributed by atoms with van der Waals surface area (Å²) in [7, 11) is 1.24. The van der Waals surface area contributed by atoms with Gasteiger partial charge in [0.2, 0.25) is 0 Å². The molecule has 1 saturated carbocycles. The predicted molar refractivity (Wildman–Crippen MR) is 82.0 cm³/mol. The molecule has 0 bridgehead atoms. The van der Waals surface area contributed by atoms with Gasteiger partial charge in [-0.05, 0) is 24.1 Å². The molecule has 0 amide bonds. The third-order valence-electron chi connectivity index (χ3n) is 4.46. The van der Waals surface area contributed by atoms with Gasteiger partial charge in [0.1, 0.15) is 0 Å². The second-order valence-electron chi connectivity index (χ2n) is 5.70. The molecule has 1 aliphatic rings. The van der Waals surface area contributed by atoms with Crippen LogP contribution in [0.5, 0.6) is 0 Å². The maximum Gasteiger partial charge on any atom is 0.335 e. The fourth-order valence-electron chi connectivity index (χ4n) is 3.19. The summed E-state index contributed by atoms with van der Waals surface area (Å²) in [5, 5.41) is 29.9. The third kappa shape index (κ3) is 3.28. The van der Waals surface area contributed by atoms with Crippen molar-refractivity contribution in [2.45, 2.75) is 24.5 Å². The Morgan fingerprint density at radius 2 is 2.00 bits per heavy atom. The number of aliphatic hydroxyl groups excluding tert-OH is 2. The molecule has 0 spiro atoms. The van der Waals surface area contributed by atoms with Crippen molar-refractivity contribution in [2.75, 3.05) is 7.11 Å². The van der Waals surface area contributed by atoms with Gasteiger partial charge >= 0.3 is 11.9 Å². The Hall–Kier alpha value is -2.18. The van der Waals surface area contributed by atoms with Crippen molar-refractivity contribution < 1.29 is 29.6 Å². The summed E-state index contributed by atoms with van der Waals surface area (Å²) in [5.41, 5.74) is 0.704. The van der Waals surface area contributed by atoms with Gasteiger partial charge in [-0.2, -0.15) is 0 Å². The molecule has 0 aliphatic heterocycles. The van der Waals surface area contributed by atoms with Crippen LogP contribution < -0.4 is 0 Å². The number of carbonyl (C=O) groups is 2. The Kier molecular flexibility index (Phi) is 5.18. The van der Waals surface area contributed by atoms with Crippen LogP contribution in [-0.4, -0.2) is 46.6 Å². The second-order valence-corrected chi connectivity index (χ2v) is 5.70. The van der Waals surface area contributed by atoms with E-state index in [1.807, 2.05) is 0 Å². The lowest BCUT2D eigenvalue weighted by atomic mass is 9.68. The van der Waals surface area contributed by atoms with E-state index in [0.717, 1.165) is 0 Å². The van der Waals surface area contributed by atoms with E-state index in [0.29, 0.717) is 5.56 Å². The number of methoxy groups -OCH3 is 1. The molecule has 1 aromatic rings. The van der Waals surface area contributed by atoms with Gasteiger partial charge in [0.05, 0.1) is 30.8 Å². The molecule has 0 saturated heterocycles. The summed E-state index contributed by atoms with van der Waals surface area (Å²) in [6, 6.07) is 6.22. The average Bonchev–Trinajstić information content (AvgIpc) is 2.55. The van der Waals surface area contributed by atoms with Crippen LogP contribution in [0.3, 0.4) is 0 Å². The number of rotatable bonds is 4. The lowest BCUT2D eigenvalue weighted by Gasteiger charge is -2.40. The van der Waals surface area contributed by atoms with Gasteiger partial charge in [-0.15, -0.1) is 6.58 Å². The minimum absolute atomic E-state index is 0.102. The molecule has 1 aromatic carbocycles. The normalized spacial score (nSPS) is 30.5. The zero-order valence-corrected chi connectivity index (χ0v) is 12.8. The molecule has 23 heavy (non-hydrogen) atoms. The molecule has 0 aromatic heterocycles. The number of benzene rings is 1. The van der Waals surface area contributed by atoms with Gasteiger partial charge in [0, 0.05) is 11.8 Å². The standard InChI is InChI=1S/C17H20O6/c1-3-11-14(18)12(8-13(15(11)19)17(22)23-2)9-5-4-6-10(7-9)16(20)21/h3-7,11-15,18-19H,1,8H2,2H3,(H,20,21). The lowest BCUT2D eigenvalue weighted by molar-refractivity contribution is -0.156. The summed E-state index contributed by atoms with van der Waals surface area (Å²) in [5.74, 6) is -3.63. The Bertz CT molecular complexity index is 611. The quantitative estimate of drug-likeness (QED) is 0.568. The number of hydrogen-bond acceptors (Lipinski definition) is 5. The van der Waals surface area contributed by atoms with E-state index < -0.39 is 41.9 Å². The smallest absolute Gasteiger partial charge is 0.335 e. The maximum absolute atomic E-state index is 11.9. The molecule has 6 nitrogen and oxygen atoms in total. The first kappa shape index (κ1) is 17.2. The van der Waals surface area contributed by atoms with Crippen LogP contribution in [0.15, 0.2) is 36.9 Å². The largest absolute Gasteiger partial charge is 0.478 e. The minimum atomic E-state index is -1.09. The van der Waals surface area contributed by atoms with Crippen molar-refractivity contribution in [1.82, 2.24) is 0 Å². The highest BCUT2D eigenvalue weighted by atomic mass is 16.5. The van der Waals surface area contributed by atoms with Crippen LogP contribution in [0.1, 0.15) is 28.3 Å². The molecule has 5 atom stereocenters. The van der Waals surface area contributed by atoms with E-state index >= 15 is 0 Å². The first-order chi connectivity index (χ1) is 10.9. The Morgan fingerprint density at radius 1 is 1.30 bits per heavy atom. The minimum Gasteiger partial charge on any atom is -0.478 e. The van der Waals surface area contributed by atoms with Crippen LogP contribution in [0.25, 0.3) is 0 Å². The van der Waals surface area contributed by atoms with Crippen LogP contribution in [0, 0.1) is 11.8 Å². The fourth-order valence-corrected chi connectivity index (χ4v) is 3.19. The molecule has 3 N–H and O–H groups in total. The number of aliphatic hydroxyl groups is 2. The highest BCUT2D eigenvalue weighted by Crippen LogP contribution is 2.41. The van der Waals surface area contributed by atoms with E-state index in [9.17, 15) is 19.8 Å². The molecular weight excluding hydrogens is 300 g/mol. The van der Waals surface area contributed by atoms with Crippen LogP contribution in [0.4, 0.5) is 0 Å². The van der Waals surface area contributed by atoms with Crippen molar-refractivity contribution in [3.05, 3.63) is 48.0 Å². The van der Waals surface area contributed by atoms with E-state index in [-0.39, 0.29) is 12.0 Å². The average molecular weight is 320 g/mol. The number of ether oxygens (including phenoxy) is 1. The Morgan fingerprint density at radius 3 is 2.57 bits per heavy atom. The van der Waals surface area contributed by atoms with E-state index in [2.05, 4.69) is 6.58 Å². The molecule has 2 rings (SSSR count). The number of carbonyl (C=O) groups excluding carboxylic acids is 1. The van der Waals surface area contributed by atoms with Gasteiger partial charge in [0.15, 0.2) is 0 Å². The molecule has 1 aliphatic carbocycles. The van der Waals surface area contributed by atoms with E-state index in [1.165, 1.54) is 25.3 Å². The van der Waals surface area contributed by atoms with Crippen molar-refractivity contribution >= 4 is 11.9 Å². The highest BCUT2D eigenvalue weighted by molar-refractivity contribution is 5.87. The van der Waals surface area contributed by atoms with Gasteiger partial charge in [-0.25, -0.2) is 4.79 Å². The number of esters is 1. The van der Waals surface area contributed by atoms with Gasteiger partial charge in [-0.3, -0.25) is 4.79 Å². The Labute approximate surface area is 134 Å². The lowest BCUT2D eigenvalue weighted by Crippen LogP contribution is -2.48. The summed E-state index contributed by atoms with van der Waals surface area (Å²) in [4.78, 5) is 23.0. The van der Waals surface area contributed by atoms with E-state index in [1.54, 1.807) is 12.1 Å². The van der Waals surface area contributed by atoms with Crippen molar-refractivity contribution in [1.29, 1.82) is 0 Å². The van der Waals surface area contributed by atoms with Crippen molar-refractivity contribution in [3.63, 3.8) is 0 Å². The van der Waals surface area contributed by atoms with Crippen LogP contribution in [0.2, 0.25) is 0 Å². The zero-order valence-electron chi connectivity index (χ0n) is 12.8. The third-order valence-corrected chi connectivity index (χ3v) is 4.46. The van der Waals surface area contributed by atoms with Gasteiger partial charge in [0.25, 0.3) is 0 Å². The van der Waals surface area contributed by atoms with Crippen molar-refractivity contribution in [2.24, 2.45) is 11.8 Å². The molecule has 5 unspecified atom stereocenters. The monoisotopic (exact) mass is 320 g/mol. The molecule has 6 heteroatoms. The second kappa shape index (κ2) is 6.93. The molecule has 1 fully saturated rings. The summed E-state index contributed by atoms with van der Waals surface area (Å²) >= 11 is 0. The molecule has 0 heterocycles. The summed E-state index contributed by atoms with van der Waals surface area (Å²) < 4.78 is 4.73. The fraction of sp³-hybridized carbons (Fsp3) is 0.412. The van der Waals surface area contributed by atoms with Crippen LogP contribution >= 0.6 is 0 Å². The number of aromatic carboxylic acids is 1. The number of carboxylic acids is 1. The first-order valence-electron chi connectivity index (χ1n) is 7.30. The molecule has 0 radical (unpaired) electrons. The molecule has 124 valence electrons. The topological polar surface area (TPSA) is 104 Å². The zero-order chi connectivity index (χ0) is 17.1. The molecular formula is C17H20O6. The van der Waals surface area contributed by atoms with E-state index in [4.69, 9.17) is 9.84 Å². The predicted octanol–water partition coefficient (Wildman–Crippen LogP) is 1.19. The maximum atomic E-state index is 11.9. The van der Waals surface area contributed by atoms with Gasteiger partial charge < -0.3 is 20.1 Å². The highest BCUT2D eigenvalue weighted by Gasteiger charge is 2.45.